The summed E-state index contributed by atoms with van der Waals surface area (Å²) in [5.41, 5.74) is -1.28. The lowest BCUT2D eigenvalue weighted by molar-refractivity contribution is 0.0686. The molecule has 1 rings (SSSR count). The number of benzene rings is 1. The largest absolute Gasteiger partial charge is 0.478 e. The summed E-state index contributed by atoms with van der Waals surface area (Å²) in [6, 6.07) is 0. The maximum atomic E-state index is 12.9. The van der Waals surface area contributed by atoms with E-state index >= 15 is 0 Å². The van der Waals surface area contributed by atoms with Crippen molar-refractivity contribution >= 4 is 18.6 Å². The zero-order chi connectivity index (χ0) is 11.0. The Morgan fingerprint density at radius 3 is 2.14 bits per heavy atom. The van der Waals surface area contributed by atoms with E-state index in [-0.39, 0.29) is 5.56 Å². The van der Waals surface area contributed by atoms with Gasteiger partial charge in [-0.25, -0.2) is 18.0 Å². The van der Waals surface area contributed by atoms with E-state index in [1.54, 1.807) is 0 Å². The second kappa shape index (κ2) is 3.53. The minimum Gasteiger partial charge on any atom is -0.478 e. The van der Waals surface area contributed by atoms with Crippen molar-refractivity contribution in [3.8, 4) is 0 Å². The maximum Gasteiger partial charge on any atom is 0.339 e. The summed E-state index contributed by atoms with van der Waals surface area (Å²) >= 11 is 3.61. The molecule has 0 aliphatic heterocycles. The van der Waals surface area contributed by atoms with Crippen molar-refractivity contribution in [2.24, 2.45) is 0 Å². The van der Waals surface area contributed by atoms with E-state index in [2.05, 4.69) is 12.6 Å². The monoisotopic (exact) mass is 222 g/mol. The van der Waals surface area contributed by atoms with E-state index in [0.29, 0.717) is 0 Å². The topological polar surface area (TPSA) is 37.3 Å². The third kappa shape index (κ3) is 1.45. The third-order valence-corrected chi connectivity index (χ3v) is 2.30. The molecule has 0 saturated heterocycles. The van der Waals surface area contributed by atoms with E-state index in [1.807, 2.05) is 0 Å². The molecule has 1 N–H and O–H groups in total. The zero-order valence-corrected chi connectivity index (χ0v) is 7.83. The van der Waals surface area contributed by atoms with Crippen molar-refractivity contribution in [3.05, 3.63) is 28.6 Å². The van der Waals surface area contributed by atoms with Crippen molar-refractivity contribution in [3.63, 3.8) is 0 Å². The number of hydrogen-bond donors (Lipinski definition) is 2. The Kier molecular flexibility index (Phi) is 2.75. The van der Waals surface area contributed by atoms with E-state index < -0.39 is 33.9 Å². The second-order valence-corrected chi connectivity index (χ2v) is 3.04. The average molecular weight is 222 g/mol. The Labute approximate surface area is 82.8 Å². The molecule has 14 heavy (non-hydrogen) atoms. The molecule has 0 saturated carbocycles. The molecule has 0 aliphatic rings. The maximum absolute atomic E-state index is 12.9. The fourth-order valence-electron chi connectivity index (χ4n) is 0.961. The van der Waals surface area contributed by atoms with Crippen molar-refractivity contribution in [2.75, 3.05) is 0 Å². The van der Waals surface area contributed by atoms with Crippen molar-refractivity contribution in [1.29, 1.82) is 0 Å². The van der Waals surface area contributed by atoms with Crippen LogP contribution in [0.15, 0.2) is 4.90 Å². The minimum absolute atomic E-state index is 0.329. The Bertz CT molecular complexity index is 389. The summed E-state index contributed by atoms with van der Waals surface area (Å²) in [6.45, 7) is 1.12. The summed E-state index contributed by atoms with van der Waals surface area (Å²) in [5.74, 6) is -6.63. The number of aromatic carboxylic acids is 1. The quantitative estimate of drug-likeness (QED) is 0.565. The van der Waals surface area contributed by atoms with Gasteiger partial charge in [0.1, 0.15) is 5.56 Å². The fourth-order valence-corrected chi connectivity index (χ4v) is 1.25. The Morgan fingerprint density at radius 1 is 1.21 bits per heavy atom. The van der Waals surface area contributed by atoms with Crippen LogP contribution in [0.25, 0.3) is 0 Å². The Hall–Kier alpha value is -1.17. The first-order valence-corrected chi connectivity index (χ1v) is 3.92. The normalized spacial score (nSPS) is 10.4. The number of thiol groups is 1. The molecule has 0 spiro atoms. The van der Waals surface area contributed by atoms with E-state index in [0.717, 1.165) is 6.92 Å². The summed E-state index contributed by atoms with van der Waals surface area (Å²) in [4.78, 5) is 10.1. The van der Waals surface area contributed by atoms with Crippen LogP contribution < -0.4 is 0 Å². The molecule has 0 fully saturated rings. The predicted molar refractivity (Wildman–Crippen MR) is 45.3 cm³/mol. The van der Waals surface area contributed by atoms with Gasteiger partial charge in [0.25, 0.3) is 0 Å². The van der Waals surface area contributed by atoms with Crippen molar-refractivity contribution < 1.29 is 23.1 Å². The number of carboxylic acid groups (broad SMARTS) is 1. The molecule has 0 aliphatic carbocycles. The fraction of sp³-hybridized carbons (Fsp3) is 0.125. The molecule has 76 valence electrons. The number of halogens is 3. The highest BCUT2D eigenvalue weighted by atomic mass is 32.1. The standard InChI is InChI=1S/C8H5F3O2S/c1-2-4(9)6(11)5(10)3(7(2)14)8(12)13/h14H,1H3,(H,12,13). The van der Waals surface area contributed by atoms with Gasteiger partial charge in [-0.2, -0.15) is 0 Å². The molecule has 1 aromatic rings. The molecule has 0 radical (unpaired) electrons. The van der Waals surface area contributed by atoms with Crippen LogP contribution >= 0.6 is 12.6 Å². The first kappa shape index (κ1) is 10.9. The lowest BCUT2D eigenvalue weighted by Gasteiger charge is -2.07. The van der Waals surface area contributed by atoms with Gasteiger partial charge in [-0.15, -0.1) is 12.6 Å². The summed E-state index contributed by atoms with van der Waals surface area (Å²) in [6.07, 6.45) is 0. The predicted octanol–water partition coefficient (Wildman–Crippen LogP) is 2.40. The molecule has 0 bridgehead atoms. The minimum atomic E-state index is -1.79. The van der Waals surface area contributed by atoms with Crippen LogP contribution in [0, 0.1) is 24.4 Å². The lowest BCUT2D eigenvalue weighted by atomic mass is 10.1. The van der Waals surface area contributed by atoms with Crippen LogP contribution in [0.5, 0.6) is 0 Å². The van der Waals surface area contributed by atoms with E-state index in [4.69, 9.17) is 5.11 Å². The first-order valence-electron chi connectivity index (χ1n) is 3.47. The van der Waals surface area contributed by atoms with E-state index in [9.17, 15) is 18.0 Å². The average Bonchev–Trinajstić information content (AvgIpc) is 2.11. The van der Waals surface area contributed by atoms with Gasteiger partial charge < -0.3 is 5.11 Å². The molecule has 2 nitrogen and oxygen atoms in total. The van der Waals surface area contributed by atoms with Gasteiger partial charge in [0.15, 0.2) is 17.5 Å². The number of rotatable bonds is 1. The SMILES string of the molecule is Cc1c(F)c(F)c(F)c(C(=O)O)c1S. The van der Waals surface area contributed by atoms with Gasteiger partial charge in [0.2, 0.25) is 0 Å². The summed E-state index contributed by atoms with van der Waals surface area (Å²) in [5, 5.41) is 8.51. The molecule has 6 heteroatoms. The number of carboxylic acids is 1. The highest BCUT2D eigenvalue weighted by Crippen LogP contribution is 2.27. The molecule has 0 heterocycles. The smallest absolute Gasteiger partial charge is 0.339 e. The van der Waals surface area contributed by atoms with Gasteiger partial charge in [0.05, 0.1) is 0 Å². The highest BCUT2D eigenvalue weighted by Gasteiger charge is 2.24. The number of hydrogen-bond acceptors (Lipinski definition) is 2. The third-order valence-electron chi connectivity index (χ3n) is 1.74. The molecule has 0 amide bonds. The summed E-state index contributed by atoms with van der Waals surface area (Å²) < 4.78 is 38.5. The molecular weight excluding hydrogens is 217 g/mol. The molecular formula is C8H5F3O2S. The van der Waals surface area contributed by atoms with Gasteiger partial charge in [0, 0.05) is 10.5 Å². The van der Waals surface area contributed by atoms with Gasteiger partial charge in [-0.3, -0.25) is 0 Å². The van der Waals surface area contributed by atoms with Crippen molar-refractivity contribution in [1.82, 2.24) is 0 Å². The van der Waals surface area contributed by atoms with Crippen LogP contribution in [0.3, 0.4) is 0 Å². The first-order chi connectivity index (χ1) is 6.37. The zero-order valence-electron chi connectivity index (χ0n) is 6.94. The molecule has 1 aromatic carbocycles. The highest BCUT2D eigenvalue weighted by molar-refractivity contribution is 7.80. The van der Waals surface area contributed by atoms with Gasteiger partial charge in [-0.1, -0.05) is 0 Å². The molecule has 0 atom stereocenters. The summed E-state index contributed by atoms with van der Waals surface area (Å²) in [7, 11) is 0. The van der Waals surface area contributed by atoms with Crippen LogP contribution in [0.1, 0.15) is 15.9 Å². The Morgan fingerprint density at radius 2 is 1.71 bits per heavy atom. The van der Waals surface area contributed by atoms with Crippen LogP contribution in [-0.2, 0) is 0 Å². The number of carbonyl (C=O) groups is 1. The second-order valence-electron chi connectivity index (χ2n) is 2.60. The van der Waals surface area contributed by atoms with E-state index in [1.165, 1.54) is 0 Å². The van der Waals surface area contributed by atoms with Gasteiger partial charge >= 0.3 is 5.97 Å². The van der Waals surface area contributed by atoms with Crippen LogP contribution in [-0.4, -0.2) is 11.1 Å². The molecule has 0 unspecified atom stereocenters. The molecule has 0 aromatic heterocycles. The van der Waals surface area contributed by atoms with Gasteiger partial charge in [-0.05, 0) is 6.92 Å². The lowest BCUT2D eigenvalue weighted by Crippen LogP contribution is -2.08. The van der Waals surface area contributed by atoms with Crippen LogP contribution in [0.2, 0.25) is 0 Å². The Balaban J connectivity index is 3.68. The van der Waals surface area contributed by atoms with Crippen molar-refractivity contribution in [2.45, 2.75) is 11.8 Å². The van der Waals surface area contributed by atoms with Crippen LogP contribution in [0.4, 0.5) is 13.2 Å².